The van der Waals surface area contributed by atoms with Crippen LogP contribution in [0.1, 0.15) is 30.2 Å². The third kappa shape index (κ3) is 4.33. The number of halogens is 1. The number of benzene rings is 2. The second-order valence-corrected chi connectivity index (χ2v) is 9.21. The number of hydrogen-bond donors (Lipinski definition) is 1. The van der Waals surface area contributed by atoms with Crippen molar-refractivity contribution >= 4 is 45.3 Å². The molecule has 0 aliphatic carbocycles. The maximum absolute atomic E-state index is 13.3. The van der Waals surface area contributed by atoms with E-state index in [4.69, 9.17) is 25.5 Å². The van der Waals surface area contributed by atoms with Crippen LogP contribution in [0.2, 0.25) is 5.02 Å². The number of H-pyrrole nitrogens is 1. The summed E-state index contributed by atoms with van der Waals surface area (Å²) in [4.78, 5) is 42.7. The van der Waals surface area contributed by atoms with E-state index in [1.807, 2.05) is 31.2 Å². The Morgan fingerprint density at radius 3 is 2.78 bits per heavy atom. The number of aryl methyl sites for hydroxylation is 1. The van der Waals surface area contributed by atoms with Gasteiger partial charge in [0.2, 0.25) is 0 Å². The van der Waals surface area contributed by atoms with Crippen molar-refractivity contribution in [3.63, 3.8) is 0 Å². The highest BCUT2D eigenvalue weighted by molar-refractivity contribution is 6.32. The lowest BCUT2D eigenvalue weighted by Crippen LogP contribution is -2.50. The fraction of sp³-hybridized carbons (Fsp3) is 0.296. The maximum atomic E-state index is 13.3. The average molecular weight is 509 g/mol. The molecule has 1 N–H and O–H groups in total. The topological polar surface area (TPSA) is 102 Å². The molecule has 1 atom stereocenters. The van der Waals surface area contributed by atoms with E-state index >= 15 is 0 Å². The molecule has 186 valence electrons. The van der Waals surface area contributed by atoms with Gasteiger partial charge in [-0.05, 0) is 29.7 Å². The SMILES string of the molecule is CCCc1cc(=O)oc2cc(OCC(=O)N3Cc4[nH]c5ccccc5c4CC3C(=O)OC)c(Cl)cc12. The number of hydrogen-bond acceptors (Lipinski definition) is 6. The molecule has 4 aromatic rings. The molecule has 1 amide bonds. The first-order valence-corrected chi connectivity index (χ1v) is 12.1. The molecule has 0 saturated carbocycles. The summed E-state index contributed by atoms with van der Waals surface area (Å²) in [5, 5.41) is 2.05. The number of nitrogens with one attached hydrogen (secondary N) is 1. The van der Waals surface area contributed by atoms with Crippen LogP contribution in [0.5, 0.6) is 5.75 Å². The number of esters is 1. The Kier molecular flexibility index (Phi) is 6.45. The summed E-state index contributed by atoms with van der Waals surface area (Å²) < 4.78 is 16.1. The Labute approximate surface area is 211 Å². The number of para-hydroxylation sites is 1. The van der Waals surface area contributed by atoms with Gasteiger partial charge >= 0.3 is 11.6 Å². The van der Waals surface area contributed by atoms with Gasteiger partial charge in [-0.15, -0.1) is 0 Å². The van der Waals surface area contributed by atoms with Gasteiger partial charge in [0.05, 0.1) is 18.7 Å². The number of carbonyl (C=O) groups is 2. The van der Waals surface area contributed by atoms with Gasteiger partial charge in [0.25, 0.3) is 5.91 Å². The van der Waals surface area contributed by atoms with Crippen LogP contribution in [0.4, 0.5) is 0 Å². The van der Waals surface area contributed by atoms with E-state index in [1.165, 1.54) is 24.1 Å². The van der Waals surface area contributed by atoms with Crippen molar-refractivity contribution in [2.24, 2.45) is 0 Å². The van der Waals surface area contributed by atoms with Crippen LogP contribution in [0.3, 0.4) is 0 Å². The molecule has 0 radical (unpaired) electrons. The van der Waals surface area contributed by atoms with E-state index in [0.717, 1.165) is 39.5 Å². The minimum Gasteiger partial charge on any atom is -0.482 e. The summed E-state index contributed by atoms with van der Waals surface area (Å²) in [7, 11) is 1.31. The molecule has 36 heavy (non-hydrogen) atoms. The Bertz CT molecular complexity index is 1540. The molecule has 2 aromatic carbocycles. The number of nitrogens with zero attached hydrogens (tertiary/aromatic N) is 1. The normalized spacial score (nSPS) is 15.2. The largest absolute Gasteiger partial charge is 0.482 e. The van der Waals surface area contributed by atoms with Gasteiger partial charge in [-0.25, -0.2) is 9.59 Å². The third-order valence-electron chi connectivity index (χ3n) is 6.55. The van der Waals surface area contributed by atoms with Crippen LogP contribution < -0.4 is 10.4 Å². The van der Waals surface area contributed by atoms with Crippen molar-refractivity contribution in [1.29, 1.82) is 0 Å². The summed E-state index contributed by atoms with van der Waals surface area (Å²) in [6.45, 7) is 1.88. The minimum atomic E-state index is -0.778. The van der Waals surface area contributed by atoms with Gasteiger partial charge in [0.1, 0.15) is 17.4 Å². The lowest BCUT2D eigenvalue weighted by Gasteiger charge is -2.33. The Morgan fingerprint density at radius 1 is 1.19 bits per heavy atom. The van der Waals surface area contributed by atoms with Gasteiger partial charge < -0.3 is 23.8 Å². The summed E-state index contributed by atoms with van der Waals surface area (Å²) in [5.41, 5.74) is 3.55. The van der Waals surface area contributed by atoms with Crippen LogP contribution in [0, 0.1) is 0 Å². The van der Waals surface area contributed by atoms with Crippen LogP contribution in [-0.4, -0.2) is 41.5 Å². The van der Waals surface area contributed by atoms with Gasteiger partial charge in [0, 0.05) is 40.5 Å². The predicted octanol–water partition coefficient (Wildman–Crippen LogP) is 4.39. The molecule has 0 spiro atoms. The first-order chi connectivity index (χ1) is 17.4. The van der Waals surface area contributed by atoms with Crippen LogP contribution >= 0.6 is 11.6 Å². The number of rotatable bonds is 6. The van der Waals surface area contributed by atoms with Gasteiger partial charge in [-0.3, -0.25) is 4.79 Å². The highest BCUT2D eigenvalue weighted by Crippen LogP contribution is 2.33. The standard InChI is InChI=1S/C27H25ClN2O6/c1-3-6-15-9-26(32)36-23-12-24(19(28)10-17(15)23)35-14-25(31)30-13-21-18(11-22(30)27(33)34-2)16-7-4-5-8-20(16)29-21/h4-5,7-10,12,22,29H,3,6,11,13-14H2,1-2H3. The summed E-state index contributed by atoms with van der Waals surface area (Å²) >= 11 is 6.45. The number of ether oxygens (including phenoxy) is 2. The van der Waals surface area contributed by atoms with Crippen LogP contribution in [-0.2, 0) is 33.7 Å². The van der Waals surface area contributed by atoms with Crippen molar-refractivity contribution in [1.82, 2.24) is 9.88 Å². The Balaban J connectivity index is 1.40. The second-order valence-electron chi connectivity index (χ2n) is 8.80. The van der Waals surface area contributed by atoms with Crippen molar-refractivity contribution in [3.8, 4) is 5.75 Å². The molecule has 1 aliphatic rings. The number of amides is 1. The molecule has 5 rings (SSSR count). The van der Waals surface area contributed by atoms with E-state index < -0.39 is 23.5 Å². The van der Waals surface area contributed by atoms with Gasteiger partial charge in [-0.2, -0.15) is 0 Å². The van der Waals surface area contributed by atoms with E-state index in [-0.39, 0.29) is 18.9 Å². The monoisotopic (exact) mass is 508 g/mol. The van der Waals surface area contributed by atoms with Crippen LogP contribution in [0.25, 0.3) is 21.9 Å². The molecule has 0 fully saturated rings. The quantitative estimate of drug-likeness (QED) is 0.306. The molecule has 8 nitrogen and oxygen atoms in total. The lowest BCUT2D eigenvalue weighted by molar-refractivity contribution is -0.154. The van der Waals surface area contributed by atoms with Gasteiger partial charge in [-0.1, -0.05) is 43.1 Å². The zero-order valence-corrected chi connectivity index (χ0v) is 20.7. The molecule has 0 bridgehead atoms. The van der Waals surface area contributed by atoms with Crippen molar-refractivity contribution < 1.29 is 23.5 Å². The number of fused-ring (bicyclic) bond motifs is 4. The average Bonchev–Trinajstić information content (AvgIpc) is 3.24. The molecule has 1 unspecified atom stereocenters. The van der Waals surface area contributed by atoms with E-state index in [2.05, 4.69) is 4.98 Å². The smallest absolute Gasteiger partial charge is 0.336 e. The fourth-order valence-electron chi connectivity index (χ4n) is 4.85. The number of aromatic amines is 1. The zero-order valence-electron chi connectivity index (χ0n) is 19.9. The molecule has 9 heteroatoms. The molecule has 0 saturated heterocycles. The second kappa shape index (κ2) is 9.70. The summed E-state index contributed by atoms with van der Waals surface area (Å²) in [6.07, 6.45) is 1.90. The predicted molar refractivity (Wildman–Crippen MR) is 135 cm³/mol. The summed E-state index contributed by atoms with van der Waals surface area (Å²) in [6, 6.07) is 11.7. The lowest BCUT2D eigenvalue weighted by atomic mass is 9.96. The Morgan fingerprint density at radius 2 is 2.00 bits per heavy atom. The van der Waals surface area contributed by atoms with E-state index in [1.54, 1.807) is 6.07 Å². The highest BCUT2D eigenvalue weighted by atomic mass is 35.5. The van der Waals surface area contributed by atoms with Gasteiger partial charge in [0.15, 0.2) is 6.61 Å². The maximum Gasteiger partial charge on any atom is 0.336 e. The molecule has 2 aromatic heterocycles. The van der Waals surface area contributed by atoms with E-state index in [9.17, 15) is 14.4 Å². The van der Waals surface area contributed by atoms with Crippen LogP contribution in [0.15, 0.2) is 51.7 Å². The third-order valence-corrected chi connectivity index (χ3v) is 6.85. The fourth-order valence-corrected chi connectivity index (χ4v) is 5.07. The van der Waals surface area contributed by atoms with Crippen molar-refractivity contribution in [2.45, 2.75) is 38.8 Å². The van der Waals surface area contributed by atoms with Crippen molar-refractivity contribution in [2.75, 3.05) is 13.7 Å². The van der Waals surface area contributed by atoms with Crippen molar-refractivity contribution in [3.05, 3.63) is 74.7 Å². The first-order valence-electron chi connectivity index (χ1n) is 11.7. The number of aromatic nitrogens is 1. The molecule has 1 aliphatic heterocycles. The minimum absolute atomic E-state index is 0.215. The van der Waals surface area contributed by atoms with E-state index in [0.29, 0.717) is 23.4 Å². The highest BCUT2D eigenvalue weighted by Gasteiger charge is 2.37. The molecular weight excluding hydrogens is 484 g/mol. The molecular formula is C27H25ClN2O6. The zero-order chi connectivity index (χ0) is 25.4. The Hall–Kier alpha value is -3.78. The summed E-state index contributed by atoms with van der Waals surface area (Å²) in [5.74, 6) is -0.674. The first kappa shape index (κ1) is 23.9. The number of methoxy groups -OCH3 is 1. The molecule has 3 heterocycles. The number of carbonyl (C=O) groups excluding carboxylic acids is 2.